The van der Waals surface area contributed by atoms with Crippen LogP contribution in [-0.2, 0) is 5.41 Å². The van der Waals surface area contributed by atoms with Crippen LogP contribution in [0.2, 0.25) is 0 Å². The van der Waals surface area contributed by atoms with Crippen molar-refractivity contribution >= 4 is 17.5 Å². The first-order valence-corrected chi connectivity index (χ1v) is 11.6. The van der Waals surface area contributed by atoms with E-state index in [1.54, 1.807) is 0 Å². The number of nitrogens with zero attached hydrogens (tertiary/aromatic N) is 4. The fraction of sp³-hybridized carbons (Fsp3) is 0.440. The molecule has 0 atom stereocenters. The van der Waals surface area contributed by atoms with E-state index in [4.69, 9.17) is 18.6 Å². The molecule has 4 rings (SSSR count). The Morgan fingerprint density at radius 1 is 1.11 bits per heavy atom. The van der Waals surface area contributed by atoms with E-state index in [0.29, 0.717) is 11.7 Å². The summed E-state index contributed by atoms with van der Waals surface area (Å²) in [6, 6.07) is 6.22. The molecule has 0 radical (unpaired) electrons. The Balaban J connectivity index is 1.50. The first-order valence-electron chi connectivity index (χ1n) is 11.6. The lowest BCUT2D eigenvalue weighted by atomic mass is 9.86. The van der Waals surface area contributed by atoms with Gasteiger partial charge in [-0.05, 0) is 36.6 Å². The quantitative estimate of drug-likeness (QED) is 0.475. The number of aryl methyl sites for hydroxylation is 1. The van der Waals surface area contributed by atoms with Crippen LogP contribution in [0.25, 0.3) is 0 Å². The van der Waals surface area contributed by atoms with Gasteiger partial charge in [0.1, 0.15) is 12.0 Å². The monoisotopic (exact) mass is 496 g/mol. The van der Waals surface area contributed by atoms with Crippen LogP contribution in [0.3, 0.4) is 0 Å². The molecule has 2 aromatic heterocycles. The van der Waals surface area contributed by atoms with Crippen molar-refractivity contribution in [3.63, 3.8) is 0 Å². The summed E-state index contributed by atoms with van der Waals surface area (Å²) in [4.78, 5) is 28.0. The zero-order valence-corrected chi connectivity index (χ0v) is 21.6. The third-order valence-corrected chi connectivity index (χ3v) is 5.83. The number of nitrogens with one attached hydrogen (secondary N) is 2. The summed E-state index contributed by atoms with van der Waals surface area (Å²) in [6.45, 7) is 10.0. The van der Waals surface area contributed by atoms with Gasteiger partial charge in [0.25, 0.3) is 5.91 Å². The number of aromatic nitrogens is 3. The summed E-state index contributed by atoms with van der Waals surface area (Å²) < 4.78 is 22.0. The lowest BCUT2D eigenvalue weighted by Crippen LogP contribution is -2.52. The van der Waals surface area contributed by atoms with Crippen molar-refractivity contribution in [3.8, 4) is 23.6 Å². The van der Waals surface area contributed by atoms with Crippen molar-refractivity contribution in [1.29, 1.82) is 0 Å². The molecule has 1 amide bonds. The molecule has 0 bridgehead atoms. The predicted octanol–water partition coefficient (Wildman–Crippen LogP) is 3.86. The molecule has 0 saturated carbocycles. The average molecular weight is 497 g/mol. The van der Waals surface area contributed by atoms with Crippen molar-refractivity contribution < 1.29 is 23.4 Å². The van der Waals surface area contributed by atoms with Gasteiger partial charge in [0.15, 0.2) is 11.4 Å². The largest absolute Gasteiger partial charge is 0.479 e. The van der Waals surface area contributed by atoms with Crippen molar-refractivity contribution in [2.45, 2.75) is 39.2 Å². The minimum Gasteiger partial charge on any atom is -0.479 e. The highest BCUT2D eigenvalue weighted by atomic mass is 16.6. The van der Waals surface area contributed by atoms with Gasteiger partial charge >= 0.3 is 6.08 Å². The molecule has 1 fully saturated rings. The first-order chi connectivity index (χ1) is 17.1. The van der Waals surface area contributed by atoms with Gasteiger partial charge in [0, 0.05) is 13.1 Å². The highest BCUT2D eigenvalue weighted by Gasteiger charge is 2.26. The van der Waals surface area contributed by atoms with Gasteiger partial charge in [0.2, 0.25) is 17.7 Å². The Morgan fingerprint density at radius 2 is 1.78 bits per heavy atom. The number of rotatable bonds is 8. The number of methoxy groups -OCH3 is 2. The predicted molar refractivity (Wildman–Crippen MR) is 134 cm³/mol. The normalized spacial score (nSPS) is 14.2. The summed E-state index contributed by atoms with van der Waals surface area (Å²) in [5.41, 5.74) is 2.17. The van der Waals surface area contributed by atoms with Crippen LogP contribution >= 0.6 is 0 Å². The number of ether oxygens (including phenoxy) is 3. The smallest absolute Gasteiger partial charge is 0.399 e. The fourth-order valence-corrected chi connectivity index (χ4v) is 3.72. The molecule has 0 unspecified atom stereocenters. The minimum absolute atomic E-state index is 0.0124. The van der Waals surface area contributed by atoms with Gasteiger partial charge in [-0.15, -0.1) is 0 Å². The number of carbonyl (C=O) groups is 1. The molecule has 11 heteroatoms. The van der Waals surface area contributed by atoms with Gasteiger partial charge < -0.3 is 34.2 Å². The van der Waals surface area contributed by atoms with E-state index in [1.165, 1.54) is 20.5 Å². The highest BCUT2D eigenvalue weighted by Crippen LogP contribution is 2.34. The standard InChI is InChI=1S/C25H32N6O5/c1-14-8-9-15(25(2,3)4)10-18(14)36-24-27-17(13-35-24)20(32)28-19-21(33-6)29-23(30-22(19)34-7)26-16-11-31(5)12-16/h8-10,13,16H,11-12H2,1-7H3,(H,28,32)(H,26,29,30). The lowest BCUT2D eigenvalue weighted by Gasteiger charge is -2.36. The number of hydrogen-bond donors (Lipinski definition) is 2. The lowest BCUT2D eigenvalue weighted by molar-refractivity contribution is 0.102. The van der Waals surface area contributed by atoms with E-state index in [0.717, 1.165) is 24.2 Å². The van der Waals surface area contributed by atoms with Gasteiger partial charge in [-0.25, -0.2) is 0 Å². The molecule has 3 heterocycles. The van der Waals surface area contributed by atoms with Gasteiger partial charge in [-0.3, -0.25) is 4.79 Å². The molecule has 0 spiro atoms. The third-order valence-electron chi connectivity index (χ3n) is 5.83. The van der Waals surface area contributed by atoms with Gasteiger partial charge in [0.05, 0.1) is 20.3 Å². The molecule has 1 saturated heterocycles. The summed E-state index contributed by atoms with van der Waals surface area (Å²) in [6.07, 6.45) is 1.17. The van der Waals surface area contributed by atoms with E-state index in [2.05, 4.69) is 57.3 Å². The summed E-state index contributed by atoms with van der Waals surface area (Å²) in [7, 11) is 4.94. The molecule has 1 aliphatic heterocycles. The molecule has 3 aromatic rings. The molecule has 0 aliphatic carbocycles. The van der Waals surface area contributed by atoms with E-state index >= 15 is 0 Å². The number of likely N-dealkylation sites (tertiary alicyclic amines) is 1. The number of anilines is 2. The summed E-state index contributed by atoms with van der Waals surface area (Å²) in [5, 5.41) is 5.94. The Bertz CT molecular complexity index is 1220. The topological polar surface area (TPSA) is 124 Å². The highest BCUT2D eigenvalue weighted by molar-refractivity contribution is 6.04. The zero-order valence-electron chi connectivity index (χ0n) is 21.6. The van der Waals surface area contributed by atoms with Crippen LogP contribution in [0, 0.1) is 6.92 Å². The van der Waals surface area contributed by atoms with Crippen LogP contribution in [0.4, 0.5) is 11.6 Å². The Labute approximate surface area is 210 Å². The summed E-state index contributed by atoms with van der Waals surface area (Å²) in [5.74, 6) is 0.703. The van der Waals surface area contributed by atoms with Crippen molar-refractivity contribution in [1.82, 2.24) is 19.9 Å². The molecule has 192 valence electrons. The van der Waals surface area contributed by atoms with Crippen molar-refractivity contribution in [3.05, 3.63) is 41.3 Å². The number of likely N-dealkylation sites (N-methyl/N-ethyl adjacent to an activating group) is 1. The Morgan fingerprint density at radius 3 is 2.36 bits per heavy atom. The zero-order chi connectivity index (χ0) is 26.0. The number of oxazole rings is 1. The van der Waals surface area contributed by atoms with Crippen molar-refractivity contribution in [2.24, 2.45) is 0 Å². The second kappa shape index (κ2) is 10.0. The second-order valence-electron chi connectivity index (χ2n) is 9.79. The van der Waals surface area contributed by atoms with Crippen LogP contribution in [0.15, 0.2) is 28.9 Å². The maximum atomic E-state index is 12.9. The fourth-order valence-electron chi connectivity index (χ4n) is 3.72. The number of amides is 1. The van der Waals surface area contributed by atoms with Crippen LogP contribution < -0.4 is 24.8 Å². The minimum atomic E-state index is -0.560. The molecule has 11 nitrogen and oxygen atoms in total. The number of carbonyl (C=O) groups excluding carboxylic acids is 1. The molecule has 2 N–H and O–H groups in total. The first kappa shape index (κ1) is 25.2. The third kappa shape index (κ3) is 5.51. The Kier molecular flexibility index (Phi) is 7.02. The van der Waals surface area contributed by atoms with Crippen LogP contribution in [-0.4, -0.2) is 66.2 Å². The van der Waals surface area contributed by atoms with Gasteiger partial charge in [-0.1, -0.05) is 32.9 Å². The summed E-state index contributed by atoms with van der Waals surface area (Å²) >= 11 is 0. The van der Waals surface area contributed by atoms with E-state index in [-0.39, 0.29) is 40.7 Å². The molecular weight excluding hydrogens is 464 g/mol. The number of benzene rings is 1. The van der Waals surface area contributed by atoms with Crippen LogP contribution in [0.1, 0.15) is 42.4 Å². The van der Waals surface area contributed by atoms with Crippen molar-refractivity contribution in [2.75, 3.05) is 45.0 Å². The van der Waals surface area contributed by atoms with E-state index in [1.807, 2.05) is 26.1 Å². The molecule has 1 aromatic carbocycles. The van der Waals surface area contributed by atoms with Crippen LogP contribution in [0.5, 0.6) is 23.6 Å². The molecule has 1 aliphatic rings. The number of hydrogen-bond acceptors (Lipinski definition) is 10. The average Bonchev–Trinajstić information content (AvgIpc) is 3.28. The van der Waals surface area contributed by atoms with Gasteiger partial charge in [-0.2, -0.15) is 15.0 Å². The second-order valence-corrected chi connectivity index (χ2v) is 9.79. The van der Waals surface area contributed by atoms with E-state index in [9.17, 15) is 4.79 Å². The Hall–Kier alpha value is -3.86. The molecule has 36 heavy (non-hydrogen) atoms. The SMILES string of the molecule is COc1nc(NC2CN(C)C2)nc(OC)c1NC(=O)c1coc(Oc2cc(C(C)(C)C)ccc2C)n1. The maximum absolute atomic E-state index is 12.9. The molecular formula is C25H32N6O5. The van der Waals surface area contributed by atoms with E-state index < -0.39 is 5.91 Å². The maximum Gasteiger partial charge on any atom is 0.399 e.